The van der Waals surface area contributed by atoms with Crippen molar-refractivity contribution in [1.82, 2.24) is 4.98 Å². The summed E-state index contributed by atoms with van der Waals surface area (Å²) in [4.78, 5) is 4.35. The molecule has 0 aliphatic heterocycles. The van der Waals surface area contributed by atoms with Crippen molar-refractivity contribution in [3.05, 3.63) is 35.8 Å². The second-order valence-corrected chi connectivity index (χ2v) is 6.83. The van der Waals surface area contributed by atoms with E-state index in [1.807, 2.05) is 11.6 Å². The summed E-state index contributed by atoms with van der Waals surface area (Å²) in [5, 5.41) is 6.83. The molecule has 20 heavy (non-hydrogen) atoms. The van der Waals surface area contributed by atoms with Gasteiger partial charge < -0.3 is 5.32 Å². The first-order valence-corrected chi connectivity index (χ1v) is 8.38. The summed E-state index contributed by atoms with van der Waals surface area (Å²) in [6, 6.07) is 9.31. The van der Waals surface area contributed by atoms with Crippen LogP contribution in [0.4, 0.5) is 5.69 Å². The molecule has 3 rings (SSSR count). The highest BCUT2D eigenvalue weighted by Crippen LogP contribution is 2.32. The van der Waals surface area contributed by atoms with E-state index in [4.69, 9.17) is 0 Å². The summed E-state index contributed by atoms with van der Waals surface area (Å²) in [5.41, 5.74) is 2.44. The monoisotopic (exact) mass is 286 g/mol. The van der Waals surface area contributed by atoms with Gasteiger partial charge in [-0.25, -0.2) is 4.98 Å². The fourth-order valence-corrected chi connectivity index (χ4v) is 3.72. The zero-order valence-corrected chi connectivity index (χ0v) is 13.0. The fraction of sp³-hybridized carbons (Fsp3) is 0.471. The van der Waals surface area contributed by atoms with Crippen molar-refractivity contribution in [2.75, 3.05) is 5.32 Å². The molecule has 0 spiro atoms. The van der Waals surface area contributed by atoms with Crippen molar-refractivity contribution < 1.29 is 0 Å². The molecule has 1 aliphatic carbocycles. The first-order valence-electron chi connectivity index (χ1n) is 7.50. The van der Waals surface area contributed by atoms with E-state index < -0.39 is 0 Å². The van der Waals surface area contributed by atoms with Gasteiger partial charge in [0.25, 0.3) is 0 Å². The van der Waals surface area contributed by atoms with Crippen LogP contribution in [-0.4, -0.2) is 11.0 Å². The molecule has 1 aromatic carbocycles. The van der Waals surface area contributed by atoms with Crippen LogP contribution < -0.4 is 5.32 Å². The molecule has 0 saturated heterocycles. The molecule has 3 unspecified atom stereocenters. The molecule has 2 nitrogen and oxygen atoms in total. The van der Waals surface area contributed by atoms with Crippen LogP contribution in [-0.2, 0) is 0 Å². The summed E-state index contributed by atoms with van der Waals surface area (Å²) in [6.45, 7) is 4.76. The molecule has 1 aliphatic rings. The number of nitrogens with zero attached hydrogens (tertiary/aromatic N) is 1. The zero-order valence-electron chi connectivity index (χ0n) is 12.2. The lowest BCUT2D eigenvalue weighted by atomic mass is 9.78. The summed E-state index contributed by atoms with van der Waals surface area (Å²) in [7, 11) is 0. The number of hydrogen-bond acceptors (Lipinski definition) is 3. The maximum Gasteiger partial charge on any atom is 0.123 e. The van der Waals surface area contributed by atoms with Gasteiger partial charge in [-0.3, -0.25) is 0 Å². The van der Waals surface area contributed by atoms with Gasteiger partial charge in [0.05, 0.1) is 0 Å². The van der Waals surface area contributed by atoms with Crippen molar-refractivity contribution in [1.29, 1.82) is 0 Å². The van der Waals surface area contributed by atoms with Crippen LogP contribution in [0.5, 0.6) is 0 Å². The lowest BCUT2D eigenvalue weighted by Crippen LogP contribution is -2.34. The van der Waals surface area contributed by atoms with E-state index in [0.29, 0.717) is 6.04 Å². The molecule has 1 saturated carbocycles. The molecule has 106 valence electrons. The SMILES string of the molecule is CC1CCCC(Nc2ccc(-c3nccs3)cc2)C1C. The van der Waals surface area contributed by atoms with E-state index in [1.54, 1.807) is 11.3 Å². The number of thiazole rings is 1. The summed E-state index contributed by atoms with van der Waals surface area (Å²) < 4.78 is 0. The van der Waals surface area contributed by atoms with E-state index in [2.05, 4.69) is 48.4 Å². The van der Waals surface area contributed by atoms with Gasteiger partial charge in [0, 0.05) is 28.9 Å². The van der Waals surface area contributed by atoms with Crippen LogP contribution in [0.3, 0.4) is 0 Å². The molecule has 1 aromatic heterocycles. The number of aromatic nitrogens is 1. The highest BCUT2D eigenvalue weighted by Gasteiger charge is 2.26. The normalized spacial score (nSPS) is 26.4. The quantitative estimate of drug-likeness (QED) is 0.854. The van der Waals surface area contributed by atoms with Crippen molar-refractivity contribution in [3.8, 4) is 10.6 Å². The molecule has 2 aromatic rings. The van der Waals surface area contributed by atoms with E-state index in [0.717, 1.165) is 16.8 Å². The number of nitrogens with one attached hydrogen (secondary N) is 1. The Hall–Kier alpha value is -1.35. The minimum Gasteiger partial charge on any atom is -0.382 e. The van der Waals surface area contributed by atoms with Crippen molar-refractivity contribution >= 4 is 17.0 Å². The molecule has 0 bridgehead atoms. The van der Waals surface area contributed by atoms with Crippen LogP contribution in [0.1, 0.15) is 33.1 Å². The Kier molecular flexibility index (Phi) is 4.06. The van der Waals surface area contributed by atoms with Gasteiger partial charge >= 0.3 is 0 Å². The Labute approximate surface area is 125 Å². The molecular weight excluding hydrogens is 264 g/mol. The third-order valence-corrected chi connectivity index (χ3v) is 5.45. The highest BCUT2D eigenvalue weighted by atomic mass is 32.1. The zero-order chi connectivity index (χ0) is 13.9. The van der Waals surface area contributed by atoms with Crippen molar-refractivity contribution in [3.63, 3.8) is 0 Å². The largest absolute Gasteiger partial charge is 0.382 e. The van der Waals surface area contributed by atoms with Crippen LogP contribution >= 0.6 is 11.3 Å². The smallest absolute Gasteiger partial charge is 0.123 e. The minimum atomic E-state index is 0.615. The van der Waals surface area contributed by atoms with E-state index >= 15 is 0 Å². The van der Waals surface area contributed by atoms with Gasteiger partial charge in [-0.15, -0.1) is 11.3 Å². The molecule has 0 amide bonds. The topological polar surface area (TPSA) is 24.9 Å². The third kappa shape index (κ3) is 2.88. The Balaban J connectivity index is 1.69. The number of anilines is 1. The van der Waals surface area contributed by atoms with Crippen molar-refractivity contribution in [2.24, 2.45) is 11.8 Å². The van der Waals surface area contributed by atoms with Gasteiger partial charge in [0.2, 0.25) is 0 Å². The summed E-state index contributed by atoms with van der Waals surface area (Å²) >= 11 is 1.69. The Bertz CT molecular complexity index is 533. The molecular formula is C17H22N2S. The van der Waals surface area contributed by atoms with Gasteiger partial charge in [-0.1, -0.05) is 26.7 Å². The van der Waals surface area contributed by atoms with E-state index in [-0.39, 0.29) is 0 Å². The Morgan fingerprint density at radius 2 is 1.95 bits per heavy atom. The fourth-order valence-electron chi connectivity index (χ4n) is 3.07. The maximum atomic E-state index is 4.35. The minimum absolute atomic E-state index is 0.615. The van der Waals surface area contributed by atoms with Crippen LogP contribution in [0, 0.1) is 11.8 Å². The van der Waals surface area contributed by atoms with Crippen molar-refractivity contribution in [2.45, 2.75) is 39.2 Å². The molecule has 0 radical (unpaired) electrons. The number of rotatable bonds is 3. The molecule has 1 heterocycles. The summed E-state index contributed by atoms with van der Waals surface area (Å²) in [6.07, 6.45) is 5.87. The lowest BCUT2D eigenvalue weighted by molar-refractivity contribution is 0.253. The number of hydrogen-bond donors (Lipinski definition) is 1. The maximum absolute atomic E-state index is 4.35. The molecule has 3 heteroatoms. The summed E-state index contributed by atoms with van der Waals surface area (Å²) in [5.74, 6) is 1.58. The van der Waals surface area contributed by atoms with Gasteiger partial charge in [0.1, 0.15) is 5.01 Å². The lowest BCUT2D eigenvalue weighted by Gasteiger charge is -2.35. The first-order chi connectivity index (χ1) is 9.74. The first kappa shape index (κ1) is 13.6. The second kappa shape index (κ2) is 5.96. The average molecular weight is 286 g/mol. The molecule has 3 atom stereocenters. The molecule has 1 N–H and O–H groups in total. The predicted molar refractivity (Wildman–Crippen MR) is 87.1 cm³/mol. The Morgan fingerprint density at radius 1 is 1.15 bits per heavy atom. The number of benzene rings is 1. The Morgan fingerprint density at radius 3 is 2.65 bits per heavy atom. The highest BCUT2D eigenvalue weighted by molar-refractivity contribution is 7.13. The van der Waals surface area contributed by atoms with Gasteiger partial charge in [-0.05, 0) is 42.5 Å². The van der Waals surface area contributed by atoms with Crippen LogP contribution in [0.25, 0.3) is 10.6 Å². The van der Waals surface area contributed by atoms with E-state index in [9.17, 15) is 0 Å². The third-order valence-electron chi connectivity index (χ3n) is 4.62. The van der Waals surface area contributed by atoms with Gasteiger partial charge in [-0.2, -0.15) is 0 Å². The standard InChI is InChI=1S/C17H22N2S/c1-12-4-3-5-16(13(12)2)19-15-8-6-14(7-9-15)17-18-10-11-20-17/h6-13,16,19H,3-5H2,1-2H3. The van der Waals surface area contributed by atoms with Crippen LogP contribution in [0.15, 0.2) is 35.8 Å². The predicted octanol–water partition coefficient (Wildman–Crippen LogP) is 5.05. The van der Waals surface area contributed by atoms with E-state index in [1.165, 1.54) is 30.5 Å². The average Bonchev–Trinajstić information content (AvgIpc) is 2.99. The van der Waals surface area contributed by atoms with Gasteiger partial charge in [0.15, 0.2) is 0 Å². The second-order valence-electron chi connectivity index (χ2n) is 5.93. The molecule has 1 fully saturated rings. The van der Waals surface area contributed by atoms with Crippen LogP contribution in [0.2, 0.25) is 0 Å².